The smallest absolute Gasteiger partial charge is 0.129 e. The first kappa shape index (κ1) is 10.9. The van der Waals surface area contributed by atoms with E-state index in [0.717, 1.165) is 31.6 Å². The molecule has 3 nitrogen and oxygen atoms in total. The van der Waals surface area contributed by atoms with Crippen LogP contribution < -0.4 is 15.4 Å². The number of nitrogens with two attached hydrogens (primary N) is 1. The van der Waals surface area contributed by atoms with Crippen LogP contribution in [0.5, 0.6) is 5.75 Å². The van der Waals surface area contributed by atoms with Gasteiger partial charge in [0, 0.05) is 35.9 Å². The molecule has 2 N–H and O–H groups in total. The highest BCUT2D eigenvalue weighted by Crippen LogP contribution is 2.49. The van der Waals surface area contributed by atoms with Gasteiger partial charge >= 0.3 is 0 Å². The predicted octanol–water partition coefficient (Wildman–Crippen LogP) is 2.03. The van der Waals surface area contributed by atoms with Crippen molar-refractivity contribution in [1.82, 2.24) is 0 Å². The van der Waals surface area contributed by atoms with Crippen molar-refractivity contribution in [1.29, 1.82) is 0 Å². The van der Waals surface area contributed by atoms with Crippen molar-refractivity contribution in [3.63, 3.8) is 0 Å². The molecule has 3 rings (SSSR count). The summed E-state index contributed by atoms with van der Waals surface area (Å²) in [5.74, 6) is 1.04. The molecule has 0 bridgehead atoms. The van der Waals surface area contributed by atoms with E-state index < -0.39 is 0 Å². The number of benzene rings is 1. The lowest BCUT2D eigenvalue weighted by Gasteiger charge is -2.30. The third-order valence-corrected chi connectivity index (χ3v) is 4.10. The first-order valence-corrected chi connectivity index (χ1v) is 6.36. The van der Waals surface area contributed by atoms with Crippen LogP contribution in [0.1, 0.15) is 30.4 Å². The molecule has 3 heteroatoms. The minimum Gasteiger partial charge on any atom is -0.496 e. The van der Waals surface area contributed by atoms with Gasteiger partial charge in [-0.15, -0.1) is 0 Å². The largest absolute Gasteiger partial charge is 0.496 e. The molecule has 0 saturated heterocycles. The van der Waals surface area contributed by atoms with Crippen molar-refractivity contribution in [2.45, 2.75) is 31.2 Å². The SMILES string of the molecule is COc1c(C2(N)CC2)ccc2c1CCCN2C. The van der Waals surface area contributed by atoms with Crippen LogP contribution in [0.2, 0.25) is 0 Å². The summed E-state index contributed by atoms with van der Waals surface area (Å²) in [4.78, 5) is 2.31. The van der Waals surface area contributed by atoms with E-state index in [1.807, 2.05) is 0 Å². The minimum absolute atomic E-state index is 0.115. The molecule has 1 aromatic carbocycles. The molecule has 0 spiro atoms. The zero-order chi connectivity index (χ0) is 12.0. The molecule has 0 amide bonds. The van der Waals surface area contributed by atoms with Gasteiger partial charge in [-0.3, -0.25) is 0 Å². The average Bonchev–Trinajstić information content (AvgIpc) is 3.07. The van der Waals surface area contributed by atoms with Gasteiger partial charge in [-0.25, -0.2) is 0 Å². The Morgan fingerprint density at radius 3 is 2.76 bits per heavy atom. The van der Waals surface area contributed by atoms with Crippen LogP contribution in [0, 0.1) is 0 Å². The Labute approximate surface area is 103 Å². The van der Waals surface area contributed by atoms with Crippen molar-refractivity contribution < 1.29 is 4.74 Å². The molecule has 0 aromatic heterocycles. The van der Waals surface area contributed by atoms with Crippen molar-refractivity contribution in [2.75, 3.05) is 25.6 Å². The number of anilines is 1. The van der Waals surface area contributed by atoms with Crippen LogP contribution >= 0.6 is 0 Å². The monoisotopic (exact) mass is 232 g/mol. The topological polar surface area (TPSA) is 38.5 Å². The number of rotatable bonds is 2. The molecule has 92 valence electrons. The maximum atomic E-state index is 6.32. The maximum absolute atomic E-state index is 6.32. The van der Waals surface area contributed by atoms with E-state index in [-0.39, 0.29) is 5.54 Å². The lowest BCUT2D eigenvalue weighted by atomic mass is 9.94. The summed E-state index contributed by atoms with van der Waals surface area (Å²) in [5, 5.41) is 0. The van der Waals surface area contributed by atoms with E-state index in [0.29, 0.717) is 0 Å². The molecule has 1 fully saturated rings. The normalized spacial score (nSPS) is 21.0. The summed E-state index contributed by atoms with van der Waals surface area (Å²) in [5.41, 5.74) is 10.1. The first-order valence-electron chi connectivity index (χ1n) is 6.36. The molecule has 17 heavy (non-hydrogen) atoms. The second-order valence-electron chi connectivity index (χ2n) is 5.33. The fourth-order valence-electron chi connectivity index (χ4n) is 2.86. The van der Waals surface area contributed by atoms with E-state index in [1.54, 1.807) is 7.11 Å². The Hall–Kier alpha value is -1.22. The Kier molecular flexibility index (Phi) is 2.33. The van der Waals surface area contributed by atoms with E-state index >= 15 is 0 Å². The first-order chi connectivity index (χ1) is 8.15. The summed E-state index contributed by atoms with van der Waals surface area (Å²) >= 11 is 0. The molecule has 1 saturated carbocycles. The van der Waals surface area contributed by atoms with Gasteiger partial charge in [0.25, 0.3) is 0 Å². The Bertz CT molecular complexity index is 452. The summed E-state index contributed by atoms with van der Waals surface area (Å²) in [6.45, 7) is 1.13. The number of ether oxygens (including phenoxy) is 1. The van der Waals surface area contributed by atoms with Crippen LogP contribution in [-0.4, -0.2) is 20.7 Å². The van der Waals surface area contributed by atoms with Crippen LogP contribution in [0.15, 0.2) is 12.1 Å². The second kappa shape index (κ2) is 3.64. The summed E-state index contributed by atoms with van der Waals surface area (Å²) in [7, 11) is 3.91. The highest BCUT2D eigenvalue weighted by Gasteiger charge is 2.43. The second-order valence-corrected chi connectivity index (χ2v) is 5.33. The zero-order valence-electron chi connectivity index (χ0n) is 10.6. The van der Waals surface area contributed by atoms with Gasteiger partial charge in [0.15, 0.2) is 0 Å². The summed E-state index contributed by atoms with van der Waals surface area (Å²) < 4.78 is 5.65. The summed E-state index contributed by atoms with van der Waals surface area (Å²) in [6.07, 6.45) is 4.46. The van der Waals surface area contributed by atoms with Crippen LogP contribution in [0.25, 0.3) is 0 Å². The van der Waals surface area contributed by atoms with Crippen molar-refractivity contribution in [2.24, 2.45) is 5.73 Å². The molecule has 0 unspecified atom stereocenters. The summed E-state index contributed by atoms with van der Waals surface area (Å²) in [6, 6.07) is 4.37. The van der Waals surface area contributed by atoms with Gasteiger partial charge in [0.2, 0.25) is 0 Å². The molecule has 2 aliphatic rings. The highest BCUT2D eigenvalue weighted by molar-refractivity contribution is 5.64. The van der Waals surface area contributed by atoms with Crippen LogP contribution in [-0.2, 0) is 12.0 Å². The fraction of sp³-hybridized carbons (Fsp3) is 0.571. The third kappa shape index (κ3) is 1.61. The molecular formula is C14H20N2O. The highest BCUT2D eigenvalue weighted by atomic mass is 16.5. The van der Waals surface area contributed by atoms with E-state index in [2.05, 4.69) is 24.1 Å². The van der Waals surface area contributed by atoms with E-state index in [9.17, 15) is 0 Å². The average molecular weight is 232 g/mol. The minimum atomic E-state index is -0.115. The Morgan fingerprint density at radius 2 is 2.12 bits per heavy atom. The number of fused-ring (bicyclic) bond motifs is 1. The molecular weight excluding hydrogens is 212 g/mol. The van der Waals surface area contributed by atoms with Crippen LogP contribution in [0.4, 0.5) is 5.69 Å². The molecule has 1 heterocycles. The van der Waals surface area contributed by atoms with Gasteiger partial charge in [0.1, 0.15) is 5.75 Å². The number of hydrogen-bond donors (Lipinski definition) is 1. The molecule has 1 aromatic rings. The van der Waals surface area contributed by atoms with Crippen molar-refractivity contribution in [3.05, 3.63) is 23.3 Å². The molecule has 0 radical (unpaired) electrons. The Balaban J connectivity index is 2.14. The molecule has 1 aliphatic heterocycles. The van der Waals surface area contributed by atoms with Gasteiger partial charge < -0.3 is 15.4 Å². The van der Waals surface area contributed by atoms with E-state index in [4.69, 9.17) is 10.5 Å². The quantitative estimate of drug-likeness (QED) is 0.848. The lowest BCUT2D eigenvalue weighted by Crippen LogP contribution is -2.27. The molecule has 1 aliphatic carbocycles. The van der Waals surface area contributed by atoms with Gasteiger partial charge in [0.05, 0.1) is 7.11 Å². The number of nitrogens with zero attached hydrogens (tertiary/aromatic N) is 1. The standard InChI is InChI=1S/C14H20N2O/c1-16-9-3-4-10-12(16)6-5-11(13(10)17-2)14(15)7-8-14/h5-6H,3-4,7-9,15H2,1-2H3. The van der Waals surface area contributed by atoms with Crippen LogP contribution in [0.3, 0.4) is 0 Å². The van der Waals surface area contributed by atoms with Gasteiger partial charge in [-0.05, 0) is 31.7 Å². The zero-order valence-corrected chi connectivity index (χ0v) is 10.6. The lowest BCUT2D eigenvalue weighted by molar-refractivity contribution is 0.398. The van der Waals surface area contributed by atoms with E-state index in [1.165, 1.54) is 23.2 Å². The number of hydrogen-bond acceptors (Lipinski definition) is 3. The van der Waals surface area contributed by atoms with Crippen molar-refractivity contribution >= 4 is 5.69 Å². The van der Waals surface area contributed by atoms with Crippen molar-refractivity contribution in [3.8, 4) is 5.75 Å². The predicted molar refractivity (Wildman–Crippen MR) is 69.7 cm³/mol. The van der Waals surface area contributed by atoms with Gasteiger partial charge in [-0.1, -0.05) is 6.07 Å². The Morgan fingerprint density at radius 1 is 1.35 bits per heavy atom. The van der Waals surface area contributed by atoms with Gasteiger partial charge in [-0.2, -0.15) is 0 Å². The number of methoxy groups -OCH3 is 1. The molecule has 0 atom stereocenters. The maximum Gasteiger partial charge on any atom is 0.129 e. The fourth-order valence-corrected chi connectivity index (χ4v) is 2.86. The third-order valence-electron chi connectivity index (χ3n) is 4.10.